The number of benzene rings is 1. The van der Waals surface area contributed by atoms with E-state index in [0.717, 1.165) is 31.2 Å². The highest BCUT2D eigenvalue weighted by Gasteiger charge is 2.49. The van der Waals surface area contributed by atoms with Crippen LogP contribution in [0.3, 0.4) is 0 Å². The zero-order valence-electron chi connectivity index (χ0n) is 17.6. The molecule has 6 heteroatoms. The third-order valence-corrected chi connectivity index (χ3v) is 6.21. The average Bonchev–Trinajstić information content (AvgIpc) is 3.02. The topological polar surface area (TPSA) is 55.8 Å². The quantitative estimate of drug-likeness (QED) is 0.697. The van der Waals surface area contributed by atoms with Crippen molar-refractivity contribution in [1.82, 2.24) is 4.90 Å². The summed E-state index contributed by atoms with van der Waals surface area (Å²) in [6.07, 6.45) is 1.56. The van der Waals surface area contributed by atoms with Crippen molar-refractivity contribution in [2.24, 2.45) is 11.3 Å². The molecule has 1 aliphatic carbocycles. The highest BCUT2D eigenvalue weighted by molar-refractivity contribution is 5.89. The van der Waals surface area contributed by atoms with Crippen LogP contribution in [0.2, 0.25) is 0 Å². The molecular weight excluding hydrogens is 373 g/mol. The third-order valence-electron chi connectivity index (χ3n) is 6.21. The molecule has 2 aliphatic rings. The molecule has 29 heavy (non-hydrogen) atoms. The zero-order valence-corrected chi connectivity index (χ0v) is 17.6. The Hall–Kier alpha value is -1.95. The second-order valence-corrected chi connectivity index (χ2v) is 9.15. The summed E-state index contributed by atoms with van der Waals surface area (Å²) in [6, 6.07) is 8.36. The molecule has 1 heterocycles. The Labute approximate surface area is 172 Å². The average molecular weight is 406 g/mol. The molecule has 4 atom stereocenters. The number of alkyl halides is 1. The molecule has 1 amide bonds. The number of amides is 1. The minimum atomic E-state index is -1.40. The summed E-state index contributed by atoms with van der Waals surface area (Å²) in [5.74, 6) is 0.140. The summed E-state index contributed by atoms with van der Waals surface area (Å²) >= 11 is 0. The SMILES string of the molecule is CO[C@H]1[C@@H](C(=O)CC2CCCC(C)(C)C2)N(C(=O)OCc2ccccc2)C[C@@H]1F. The highest BCUT2D eigenvalue weighted by atomic mass is 19.1. The fraction of sp³-hybridized carbons (Fsp3) is 0.652. The molecule has 3 rings (SSSR count). The number of likely N-dealkylation sites (tertiary alicyclic amines) is 1. The van der Waals surface area contributed by atoms with Crippen LogP contribution in [0, 0.1) is 11.3 Å². The smallest absolute Gasteiger partial charge is 0.410 e. The Balaban J connectivity index is 1.67. The molecular formula is C23H32FNO4. The molecule has 1 saturated heterocycles. The number of halogens is 1. The summed E-state index contributed by atoms with van der Waals surface area (Å²) in [7, 11) is 1.39. The fourth-order valence-corrected chi connectivity index (χ4v) is 4.84. The van der Waals surface area contributed by atoms with Gasteiger partial charge in [0.05, 0.1) is 6.54 Å². The number of carbonyl (C=O) groups is 2. The summed E-state index contributed by atoms with van der Waals surface area (Å²) in [5.41, 5.74) is 1.06. The van der Waals surface area contributed by atoms with Crippen LogP contribution < -0.4 is 0 Å². The first-order chi connectivity index (χ1) is 13.8. The van der Waals surface area contributed by atoms with Gasteiger partial charge in [-0.2, -0.15) is 0 Å². The van der Waals surface area contributed by atoms with Crippen LogP contribution in [-0.4, -0.2) is 48.7 Å². The van der Waals surface area contributed by atoms with E-state index in [1.165, 1.54) is 12.0 Å². The zero-order chi connectivity index (χ0) is 21.0. The summed E-state index contributed by atoms with van der Waals surface area (Å²) in [4.78, 5) is 27.0. The minimum absolute atomic E-state index is 0.0858. The van der Waals surface area contributed by atoms with E-state index in [4.69, 9.17) is 9.47 Å². The summed E-state index contributed by atoms with van der Waals surface area (Å²) in [6.45, 7) is 4.35. The number of rotatable bonds is 6. The second-order valence-electron chi connectivity index (χ2n) is 9.15. The van der Waals surface area contributed by atoms with Gasteiger partial charge in [0.2, 0.25) is 0 Å². The van der Waals surface area contributed by atoms with Crippen LogP contribution in [-0.2, 0) is 20.9 Å². The molecule has 1 aliphatic heterocycles. The van der Waals surface area contributed by atoms with Crippen molar-refractivity contribution in [2.45, 2.75) is 70.9 Å². The lowest BCUT2D eigenvalue weighted by Gasteiger charge is -2.36. The van der Waals surface area contributed by atoms with Gasteiger partial charge in [0.1, 0.15) is 24.9 Å². The Morgan fingerprint density at radius 3 is 2.62 bits per heavy atom. The fourth-order valence-electron chi connectivity index (χ4n) is 4.84. The molecule has 1 saturated carbocycles. The number of ketones is 1. The normalized spacial score (nSPS) is 28.9. The Bertz CT molecular complexity index is 708. The van der Waals surface area contributed by atoms with Crippen molar-refractivity contribution in [3.05, 3.63) is 35.9 Å². The van der Waals surface area contributed by atoms with Gasteiger partial charge in [-0.1, -0.05) is 50.6 Å². The van der Waals surface area contributed by atoms with Gasteiger partial charge in [-0.25, -0.2) is 9.18 Å². The molecule has 2 fully saturated rings. The van der Waals surface area contributed by atoms with E-state index in [2.05, 4.69) is 13.8 Å². The van der Waals surface area contributed by atoms with E-state index in [9.17, 15) is 14.0 Å². The number of hydrogen-bond donors (Lipinski definition) is 0. The number of Topliss-reactive ketones (excluding diaryl/α,β-unsaturated/α-hetero) is 1. The Kier molecular flexibility index (Phi) is 6.93. The molecule has 0 spiro atoms. The van der Waals surface area contributed by atoms with Crippen molar-refractivity contribution in [3.8, 4) is 0 Å². The molecule has 1 aromatic rings. The third kappa shape index (κ3) is 5.35. The van der Waals surface area contributed by atoms with Gasteiger partial charge in [0.15, 0.2) is 5.78 Å². The molecule has 1 unspecified atom stereocenters. The summed E-state index contributed by atoms with van der Waals surface area (Å²) in [5, 5.41) is 0. The van der Waals surface area contributed by atoms with Crippen molar-refractivity contribution in [2.75, 3.05) is 13.7 Å². The maximum Gasteiger partial charge on any atom is 0.410 e. The van der Waals surface area contributed by atoms with Gasteiger partial charge in [0, 0.05) is 13.5 Å². The maximum atomic E-state index is 14.5. The standard InChI is InChI=1S/C23H32FNO4/c1-23(2)11-7-10-17(13-23)12-19(26)20-21(28-3)18(24)14-25(20)22(27)29-15-16-8-5-4-6-9-16/h4-6,8-9,17-18,20-21H,7,10-15H2,1-3H3/t17?,18-,20+,21+/m0/s1. The van der Waals surface area contributed by atoms with Crippen molar-refractivity contribution < 1.29 is 23.5 Å². The largest absolute Gasteiger partial charge is 0.445 e. The Morgan fingerprint density at radius 1 is 1.24 bits per heavy atom. The van der Waals surface area contributed by atoms with Crippen molar-refractivity contribution in [3.63, 3.8) is 0 Å². The monoisotopic (exact) mass is 405 g/mol. The summed E-state index contributed by atoms with van der Waals surface area (Å²) < 4.78 is 25.2. The van der Waals surface area contributed by atoms with Crippen molar-refractivity contribution >= 4 is 11.9 Å². The van der Waals surface area contributed by atoms with E-state index in [-0.39, 0.29) is 30.3 Å². The number of methoxy groups -OCH3 is 1. The number of ether oxygens (including phenoxy) is 2. The van der Waals surface area contributed by atoms with Crippen LogP contribution in [0.1, 0.15) is 51.5 Å². The molecule has 0 radical (unpaired) electrons. The van der Waals surface area contributed by atoms with Crippen LogP contribution in [0.5, 0.6) is 0 Å². The highest BCUT2D eigenvalue weighted by Crippen LogP contribution is 2.40. The second kappa shape index (κ2) is 9.24. The van der Waals surface area contributed by atoms with E-state index in [1.807, 2.05) is 30.3 Å². The van der Waals surface area contributed by atoms with Crippen LogP contribution in [0.15, 0.2) is 30.3 Å². The van der Waals surface area contributed by atoms with E-state index in [1.54, 1.807) is 0 Å². The van der Waals surface area contributed by atoms with Crippen LogP contribution >= 0.6 is 0 Å². The molecule has 0 aromatic heterocycles. The molecule has 0 N–H and O–H groups in total. The molecule has 160 valence electrons. The first-order valence-electron chi connectivity index (χ1n) is 10.5. The van der Waals surface area contributed by atoms with Crippen LogP contribution in [0.4, 0.5) is 9.18 Å². The number of nitrogens with zero attached hydrogens (tertiary/aromatic N) is 1. The van der Waals surface area contributed by atoms with Gasteiger partial charge in [-0.3, -0.25) is 9.69 Å². The Morgan fingerprint density at radius 2 is 1.97 bits per heavy atom. The van der Waals surface area contributed by atoms with Gasteiger partial charge in [0.25, 0.3) is 0 Å². The lowest BCUT2D eigenvalue weighted by atomic mass is 9.70. The maximum absolute atomic E-state index is 14.5. The van der Waals surface area contributed by atoms with E-state index >= 15 is 0 Å². The van der Waals surface area contributed by atoms with Gasteiger partial charge in [-0.15, -0.1) is 0 Å². The predicted molar refractivity (Wildman–Crippen MR) is 108 cm³/mol. The number of carbonyl (C=O) groups excluding carboxylic acids is 2. The lowest BCUT2D eigenvalue weighted by Crippen LogP contribution is -2.47. The lowest BCUT2D eigenvalue weighted by molar-refractivity contribution is -0.128. The van der Waals surface area contributed by atoms with E-state index < -0.39 is 24.4 Å². The molecule has 1 aromatic carbocycles. The van der Waals surface area contributed by atoms with Crippen LogP contribution in [0.25, 0.3) is 0 Å². The van der Waals surface area contributed by atoms with Gasteiger partial charge in [-0.05, 0) is 36.2 Å². The first-order valence-corrected chi connectivity index (χ1v) is 10.5. The van der Waals surface area contributed by atoms with E-state index in [0.29, 0.717) is 6.42 Å². The first kappa shape index (κ1) is 21.8. The molecule has 5 nitrogen and oxygen atoms in total. The van der Waals surface area contributed by atoms with Gasteiger partial charge >= 0.3 is 6.09 Å². The van der Waals surface area contributed by atoms with Gasteiger partial charge < -0.3 is 9.47 Å². The number of hydrogen-bond acceptors (Lipinski definition) is 4. The minimum Gasteiger partial charge on any atom is -0.445 e. The molecule has 0 bridgehead atoms. The van der Waals surface area contributed by atoms with Crippen molar-refractivity contribution in [1.29, 1.82) is 0 Å². The predicted octanol–water partition coefficient (Wildman–Crippen LogP) is 4.54.